The lowest BCUT2D eigenvalue weighted by molar-refractivity contribution is 0.436. The van der Waals surface area contributed by atoms with Gasteiger partial charge in [-0.15, -0.1) is 0 Å². The topological polar surface area (TPSA) is 64.9 Å². The third-order valence-electron chi connectivity index (χ3n) is 3.00. The van der Waals surface area contributed by atoms with Crippen molar-refractivity contribution in [3.63, 3.8) is 0 Å². The number of nitrogens with zero attached hydrogens (tertiary/aromatic N) is 2. The van der Waals surface area contributed by atoms with Crippen molar-refractivity contribution in [2.24, 2.45) is 0 Å². The molecule has 0 aliphatic heterocycles. The summed E-state index contributed by atoms with van der Waals surface area (Å²) in [5, 5.41) is 3.89. The number of nitrogen functional groups attached to an aromatic ring is 1. The minimum Gasteiger partial charge on any atom is -0.380 e. The van der Waals surface area contributed by atoms with Crippen molar-refractivity contribution in [1.29, 1.82) is 0 Å². The summed E-state index contributed by atoms with van der Waals surface area (Å²) < 4.78 is 6.35. The molecular weight excluding hydrogens is 318 g/mol. The molecule has 3 aromatic rings. The Hall–Kier alpha value is -2.14. The molecule has 5 heteroatoms. The third-order valence-corrected chi connectivity index (χ3v) is 3.69. The number of benzene rings is 1. The van der Waals surface area contributed by atoms with Crippen LogP contribution in [-0.4, -0.2) is 10.1 Å². The van der Waals surface area contributed by atoms with E-state index in [4.69, 9.17) is 10.3 Å². The van der Waals surface area contributed by atoms with E-state index in [0.717, 1.165) is 26.7 Å². The fraction of sp³-hybridized carbons (Fsp3) is 0.0667. The molecule has 4 nitrogen and oxygen atoms in total. The van der Waals surface area contributed by atoms with Crippen molar-refractivity contribution in [3.05, 3.63) is 52.8 Å². The van der Waals surface area contributed by atoms with Crippen LogP contribution in [0, 0.1) is 6.92 Å². The number of hydrogen-bond donors (Lipinski definition) is 1. The van der Waals surface area contributed by atoms with Crippen LogP contribution in [0.1, 0.15) is 5.56 Å². The maximum absolute atomic E-state index is 5.97. The molecule has 0 bridgehead atoms. The molecule has 2 heterocycles. The van der Waals surface area contributed by atoms with Gasteiger partial charge in [-0.05, 0) is 24.6 Å². The minimum absolute atomic E-state index is 0.369. The second kappa shape index (κ2) is 5.09. The molecule has 1 aromatic carbocycles. The van der Waals surface area contributed by atoms with E-state index in [1.54, 1.807) is 12.4 Å². The molecule has 0 unspecified atom stereocenters. The average Bonchev–Trinajstić information content (AvgIpc) is 2.81. The Bertz CT molecular complexity index is 767. The van der Waals surface area contributed by atoms with Crippen LogP contribution in [0.15, 0.2) is 51.7 Å². The molecule has 2 aromatic heterocycles. The lowest BCUT2D eigenvalue weighted by Crippen LogP contribution is -1.90. The molecule has 0 saturated carbocycles. The highest BCUT2D eigenvalue weighted by atomic mass is 79.9. The molecule has 0 amide bonds. The zero-order chi connectivity index (χ0) is 14.1. The summed E-state index contributed by atoms with van der Waals surface area (Å²) in [6.07, 6.45) is 3.54. The molecule has 0 aliphatic carbocycles. The number of nitrogens with two attached hydrogens (primary N) is 1. The Morgan fingerprint density at radius 1 is 1.20 bits per heavy atom. The van der Waals surface area contributed by atoms with Crippen molar-refractivity contribution in [2.75, 3.05) is 5.73 Å². The highest BCUT2D eigenvalue weighted by Gasteiger charge is 2.19. The van der Waals surface area contributed by atoms with Gasteiger partial charge in [-0.3, -0.25) is 4.98 Å². The van der Waals surface area contributed by atoms with Crippen LogP contribution >= 0.6 is 15.9 Å². The van der Waals surface area contributed by atoms with Crippen molar-refractivity contribution < 1.29 is 4.52 Å². The van der Waals surface area contributed by atoms with Gasteiger partial charge in [-0.25, -0.2) is 0 Å². The van der Waals surface area contributed by atoms with Crippen LogP contribution < -0.4 is 5.73 Å². The van der Waals surface area contributed by atoms with E-state index in [1.165, 1.54) is 0 Å². The predicted molar refractivity (Wildman–Crippen MR) is 82.0 cm³/mol. The van der Waals surface area contributed by atoms with Crippen LogP contribution in [0.4, 0.5) is 5.82 Å². The van der Waals surface area contributed by atoms with Gasteiger partial charge in [-0.2, -0.15) is 0 Å². The van der Waals surface area contributed by atoms with Gasteiger partial charge in [0.25, 0.3) is 0 Å². The largest absolute Gasteiger partial charge is 0.380 e. The molecule has 0 saturated heterocycles. The van der Waals surface area contributed by atoms with Crippen molar-refractivity contribution in [3.8, 4) is 22.5 Å². The quantitative estimate of drug-likeness (QED) is 0.770. The number of halogens is 1. The number of rotatable bonds is 2. The second-order valence-electron chi connectivity index (χ2n) is 4.50. The Morgan fingerprint density at radius 3 is 2.75 bits per heavy atom. The summed E-state index contributed by atoms with van der Waals surface area (Å²) in [5.74, 6) is 0.999. The molecule has 0 radical (unpaired) electrons. The monoisotopic (exact) mass is 329 g/mol. The molecule has 0 atom stereocenters. The first-order valence-electron chi connectivity index (χ1n) is 6.09. The van der Waals surface area contributed by atoms with Crippen molar-refractivity contribution >= 4 is 21.7 Å². The first-order valence-corrected chi connectivity index (χ1v) is 6.88. The standard InChI is InChI=1S/C15H12BrN3O/c1-9-6-10(8-18-7-9)14-13(15(17)19-20-14)11-4-2-3-5-12(11)16/h2-8H,1H3,(H2,17,19). The molecule has 2 N–H and O–H groups in total. The van der Waals surface area contributed by atoms with Gasteiger partial charge in [-0.1, -0.05) is 39.3 Å². The third kappa shape index (κ3) is 2.20. The number of pyridine rings is 1. The molecule has 0 spiro atoms. The lowest BCUT2D eigenvalue weighted by atomic mass is 10.0. The summed E-state index contributed by atoms with van der Waals surface area (Å²) in [5.41, 5.74) is 9.61. The first-order chi connectivity index (χ1) is 9.66. The van der Waals surface area contributed by atoms with E-state index in [-0.39, 0.29) is 0 Å². The molecule has 0 fully saturated rings. The van der Waals surface area contributed by atoms with Crippen LogP contribution in [0.3, 0.4) is 0 Å². The fourth-order valence-corrected chi connectivity index (χ4v) is 2.59. The van der Waals surface area contributed by atoms with Gasteiger partial charge >= 0.3 is 0 Å². The van der Waals surface area contributed by atoms with Crippen LogP contribution in [0.25, 0.3) is 22.5 Å². The minimum atomic E-state index is 0.369. The first kappa shape index (κ1) is 12.9. The normalized spacial score (nSPS) is 10.7. The van der Waals surface area contributed by atoms with Crippen molar-refractivity contribution in [1.82, 2.24) is 10.1 Å². The van der Waals surface area contributed by atoms with Gasteiger partial charge in [0.2, 0.25) is 0 Å². The number of hydrogen-bond acceptors (Lipinski definition) is 4. The predicted octanol–water partition coefficient (Wildman–Crippen LogP) is 4.06. The summed E-state index contributed by atoms with van der Waals surface area (Å²) in [6.45, 7) is 1.98. The molecule has 3 rings (SSSR count). The van der Waals surface area contributed by atoms with E-state index >= 15 is 0 Å². The molecule has 20 heavy (non-hydrogen) atoms. The van der Waals surface area contributed by atoms with Crippen molar-refractivity contribution in [2.45, 2.75) is 6.92 Å². The van der Waals surface area contributed by atoms with E-state index in [1.807, 2.05) is 37.3 Å². The summed E-state index contributed by atoms with van der Waals surface area (Å²) in [7, 11) is 0. The zero-order valence-electron chi connectivity index (χ0n) is 10.8. The van der Waals surface area contributed by atoms with Crippen LogP contribution in [-0.2, 0) is 0 Å². The van der Waals surface area contributed by atoms with Gasteiger partial charge in [0, 0.05) is 28.0 Å². The number of aromatic nitrogens is 2. The van der Waals surface area contributed by atoms with E-state index in [2.05, 4.69) is 26.1 Å². The Labute approximate surface area is 124 Å². The van der Waals surface area contributed by atoms with Gasteiger partial charge in [0.05, 0.1) is 5.56 Å². The maximum atomic E-state index is 5.97. The molecular formula is C15H12BrN3O. The average molecular weight is 330 g/mol. The highest BCUT2D eigenvalue weighted by molar-refractivity contribution is 9.10. The summed E-state index contributed by atoms with van der Waals surface area (Å²) >= 11 is 3.53. The second-order valence-corrected chi connectivity index (χ2v) is 5.36. The van der Waals surface area contributed by atoms with E-state index in [9.17, 15) is 0 Å². The Kier molecular flexibility index (Phi) is 3.28. The van der Waals surface area contributed by atoms with E-state index in [0.29, 0.717) is 11.6 Å². The zero-order valence-corrected chi connectivity index (χ0v) is 12.4. The molecule has 0 aliphatic rings. The van der Waals surface area contributed by atoms with Gasteiger partial charge in [0.1, 0.15) is 0 Å². The summed E-state index contributed by atoms with van der Waals surface area (Å²) in [6, 6.07) is 9.82. The van der Waals surface area contributed by atoms with Gasteiger partial charge in [0.15, 0.2) is 11.6 Å². The Balaban J connectivity index is 2.23. The fourth-order valence-electron chi connectivity index (χ4n) is 2.10. The number of anilines is 1. The van der Waals surface area contributed by atoms with E-state index < -0.39 is 0 Å². The van der Waals surface area contributed by atoms with Crippen LogP contribution in [0.5, 0.6) is 0 Å². The Morgan fingerprint density at radius 2 is 2.00 bits per heavy atom. The van der Waals surface area contributed by atoms with Crippen LogP contribution in [0.2, 0.25) is 0 Å². The SMILES string of the molecule is Cc1cncc(-c2onc(N)c2-c2ccccc2Br)c1. The smallest absolute Gasteiger partial charge is 0.178 e. The van der Waals surface area contributed by atoms with Gasteiger partial charge < -0.3 is 10.3 Å². The number of aryl methyl sites for hydroxylation is 1. The lowest BCUT2D eigenvalue weighted by Gasteiger charge is -2.05. The summed E-state index contributed by atoms with van der Waals surface area (Å²) in [4.78, 5) is 4.19. The molecule has 100 valence electrons. The maximum Gasteiger partial charge on any atom is 0.178 e. The highest BCUT2D eigenvalue weighted by Crippen LogP contribution is 2.39.